The van der Waals surface area contributed by atoms with Crippen molar-refractivity contribution in [2.45, 2.75) is 33.7 Å². The number of rotatable bonds is 8. The Morgan fingerprint density at radius 1 is 0.692 bits per heavy atom. The molecule has 39 heavy (non-hydrogen) atoms. The standard InChI is InChI=1S/C25H24N2O12/c1-12(28)36-18-8-6-16(10-20(18)38-14(3)30)22(24(33)34)26-25(35)27(5)23(32)17-7-9-19(37-13(2)29)21(11-17)39-15(4)31/h6-11,22H,1-5H3,(H,26,35)(H,33,34). The fourth-order valence-electron chi connectivity index (χ4n) is 3.09. The number of nitrogens with one attached hydrogen (secondary N) is 1. The average molecular weight is 544 g/mol. The Morgan fingerprint density at radius 2 is 1.13 bits per heavy atom. The first-order valence-electron chi connectivity index (χ1n) is 11.0. The molecular weight excluding hydrogens is 520 g/mol. The second-order valence-corrected chi connectivity index (χ2v) is 7.83. The van der Waals surface area contributed by atoms with Crippen molar-refractivity contribution in [2.75, 3.05) is 7.05 Å². The van der Waals surface area contributed by atoms with Crippen LogP contribution in [-0.2, 0) is 24.0 Å². The van der Waals surface area contributed by atoms with Crippen LogP contribution in [0.2, 0.25) is 0 Å². The number of amides is 3. The predicted molar refractivity (Wildman–Crippen MR) is 129 cm³/mol. The summed E-state index contributed by atoms with van der Waals surface area (Å²) in [6.07, 6.45) is 0. The van der Waals surface area contributed by atoms with Gasteiger partial charge in [-0.25, -0.2) is 9.59 Å². The number of ether oxygens (including phenoxy) is 4. The number of nitrogens with zero attached hydrogens (tertiary/aromatic N) is 1. The Hall–Kier alpha value is -5.27. The van der Waals surface area contributed by atoms with Gasteiger partial charge in [-0.3, -0.25) is 28.9 Å². The maximum absolute atomic E-state index is 12.9. The number of aliphatic carboxylic acids is 1. The lowest BCUT2D eigenvalue weighted by Crippen LogP contribution is -2.44. The highest BCUT2D eigenvalue weighted by molar-refractivity contribution is 6.05. The zero-order valence-electron chi connectivity index (χ0n) is 21.4. The molecule has 0 spiro atoms. The van der Waals surface area contributed by atoms with Crippen molar-refractivity contribution in [1.82, 2.24) is 10.2 Å². The van der Waals surface area contributed by atoms with Gasteiger partial charge in [-0.15, -0.1) is 0 Å². The molecule has 2 rings (SSSR count). The highest BCUT2D eigenvalue weighted by Crippen LogP contribution is 2.32. The smallest absolute Gasteiger partial charge is 0.330 e. The molecule has 0 fully saturated rings. The van der Waals surface area contributed by atoms with Crippen molar-refractivity contribution < 1.29 is 57.6 Å². The molecule has 3 amide bonds. The predicted octanol–water partition coefficient (Wildman–Crippen LogP) is 2.00. The minimum Gasteiger partial charge on any atom is -0.479 e. The van der Waals surface area contributed by atoms with Gasteiger partial charge >= 0.3 is 35.9 Å². The second kappa shape index (κ2) is 12.8. The molecule has 14 nitrogen and oxygen atoms in total. The van der Waals surface area contributed by atoms with Crippen LogP contribution < -0.4 is 24.3 Å². The van der Waals surface area contributed by atoms with Gasteiger partial charge in [0.25, 0.3) is 5.91 Å². The normalized spacial score (nSPS) is 10.9. The number of carboxylic acid groups (broad SMARTS) is 1. The van der Waals surface area contributed by atoms with Crippen LogP contribution in [-0.4, -0.2) is 58.8 Å². The number of carbonyl (C=O) groups is 7. The van der Waals surface area contributed by atoms with Gasteiger partial charge in [0.15, 0.2) is 29.0 Å². The Bertz CT molecular complexity index is 1350. The first-order chi connectivity index (χ1) is 18.2. The molecule has 206 valence electrons. The molecule has 1 unspecified atom stereocenters. The van der Waals surface area contributed by atoms with E-state index in [1.807, 2.05) is 0 Å². The number of hydrogen-bond acceptors (Lipinski definition) is 11. The van der Waals surface area contributed by atoms with E-state index in [1.54, 1.807) is 0 Å². The molecule has 0 heterocycles. The molecule has 2 N–H and O–H groups in total. The average Bonchev–Trinajstić information content (AvgIpc) is 2.82. The molecule has 0 bridgehead atoms. The van der Waals surface area contributed by atoms with Crippen LogP contribution in [0.3, 0.4) is 0 Å². The van der Waals surface area contributed by atoms with E-state index in [4.69, 9.17) is 18.9 Å². The Morgan fingerprint density at radius 3 is 1.59 bits per heavy atom. The topological polar surface area (TPSA) is 192 Å². The third-order valence-electron chi connectivity index (χ3n) is 4.63. The van der Waals surface area contributed by atoms with Crippen molar-refractivity contribution in [1.29, 1.82) is 0 Å². The number of urea groups is 1. The molecule has 1 atom stereocenters. The minimum atomic E-state index is -1.73. The van der Waals surface area contributed by atoms with E-state index in [9.17, 15) is 38.7 Å². The number of carboxylic acids is 1. The third kappa shape index (κ3) is 8.38. The number of benzene rings is 2. The molecule has 0 aliphatic carbocycles. The molecule has 0 aliphatic heterocycles. The van der Waals surface area contributed by atoms with Gasteiger partial charge in [0.05, 0.1) is 0 Å². The van der Waals surface area contributed by atoms with Gasteiger partial charge in [-0.1, -0.05) is 6.07 Å². The van der Waals surface area contributed by atoms with Crippen LogP contribution in [0.4, 0.5) is 4.79 Å². The van der Waals surface area contributed by atoms with Gasteiger partial charge in [-0.2, -0.15) is 0 Å². The fourth-order valence-corrected chi connectivity index (χ4v) is 3.09. The molecule has 0 radical (unpaired) electrons. The lowest BCUT2D eigenvalue weighted by Gasteiger charge is -2.21. The van der Waals surface area contributed by atoms with Gasteiger partial charge < -0.3 is 29.4 Å². The van der Waals surface area contributed by atoms with E-state index in [0.29, 0.717) is 4.90 Å². The highest BCUT2D eigenvalue weighted by atomic mass is 16.6. The minimum absolute atomic E-state index is 0.0771. The molecule has 0 aromatic heterocycles. The summed E-state index contributed by atoms with van der Waals surface area (Å²) in [4.78, 5) is 83.8. The van der Waals surface area contributed by atoms with Gasteiger partial charge in [0, 0.05) is 40.3 Å². The van der Waals surface area contributed by atoms with Crippen molar-refractivity contribution in [3.05, 3.63) is 47.5 Å². The molecular formula is C25H24N2O12. The molecule has 0 saturated heterocycles. The second-order valence-electron chi connectivity index (χ2n) is 7.83. The highest BCUT2D eigenvalue weighted by Gasteiger charge is 2.28. The SMILES string of the molecule is CC(=O)Oc1ccc(C(=O)N(C)C(=O)NC(C(=O)O)c2ccc(OC(C)=O)c(OC(C)=O)c2)cc1OC(C)=O. The molecule has 2 aromatic carbocycles. The van der Waals surface area contributed by atoms with Crippen molar-refractivity contribution in [3.8, 4) is 23.0 Å². The van der Waals surface area contributed by atoms with E-state index in [0.717, 1.165) is 46.9 Å². The van der Waals surface area contributed by atoms with E-state index in [2.05, 4.69) is 5.32 Å². The largest absolute Gasteiger partial charge is 0.479 e. The molecule has 0 aliphatic rings. The van der Waals surface area contributed by atoms with Crippen LogP contribution in [0.15, 0.2) is 36.4 Å². The Labute approximate surface area is 221 Å². The number of carbonyl (C=O) groups excluding carboxylic acids is 6. The van der Waals surface area contributed by atoms with Gasteiger partial charge in [0.2, 0.25) is 0 Å². The Balaban J connectivity index is 2.33. The number of esters is 4. The van der Waals surface area contributed by atoms with Crippen LogP contribution in [0.5, 0.6) is 23.0 Å². The van der Waals surface area contributed by atoms with Crippen molar-refractivity contribution >= 4 is 41.8 Å². The summed E-state index contributed by atoms with van der Waals surface area (Å²) >= 11 is 0. The zero-order chi connectivity index (χ0) is 29.4. The quantitative estimate of drug-likeness (QED) is 0.363. The lowest BCUT2D eigenvalue weighted by atomic mass is 10.1. The van der Waals surface area contributed by atoms with Crippen molar-refractivity contribution in [3.63, 3.8) is 0 Å². The first kappa shape index (κ1) is 30.0. The van der Waals surface area contributed by atoms with Crippen LogP contribution in [0.1, 0.15) is 49.7 Å². The monoisotopic (exact) mass is 544 g/mol. The maximum atomic E-state index is 12.9. The van der Waals surface area contributed by atoms with E-state index in [-0.39, 0.29) is 34.1 Å². The third-order valence-corrected chi connectivity index (χ3v) is 4.63. The van der Waals surface area contributed by atoms with E-state index < -0.39 is 47.8 Å². The van der Waals surface area contributed by atoms with Crippen LogP contribution >= 0.6 is 0 Å². The van der Waals surface area contributed by atoms with Crippen LogP contribution in [0.25, 0.3) is 0 Å². The lowest BCUT2D eigenvalue weighted by molar-refractivity contribution is -0.139. The molecule has 0 saturated carbocycles. The van der Waals surface area contributed by atoms with Gasteiger partial charge in [-0.05, 0) is 35.9 Å². The zero-order valence-corrected chi connectivity index (χ0v) is 21.4. The van der Waals surface area contributed by atoms with E-state index in [1.165, 1.54) is 24.3 Å². The summed E-state index contributed by atoms with van der Waals surface area (Å²) in [5, 5.41) is 11.9. The summed E-state index contributed by atoms with van der Waals surface area (Å²) in [6.45, 7) is 4.39. The van der Waals surface area contributed by atoms with E-state index >= 15 is 0 Å². The molecule has 2 aromatic rings. The summed E-state index contributed by atoms with van der Waals surface area (Å²) in [6, 6.07) is 4.06. The number of imide groups is 1. The number of hydrogen-bond donors (Lipinski definition) is 2. The molecule has 14 heteroatoms. The summed E-state index contributed by atoms with van der Waals surface area (Å²) in [5.41, 5.74) is -0.235. The van der Waals surface area contributed by atoms with Crippen molar-refractivity contribution in [2.24, 2.45) is 0 Å². The first-order valence-corrected chi connectivity index (χ1v) is 11.0. The fraction of sp³-hybridized carbons (Fsp3) is 0.240. The summed E-state index contributed by atoms with van der Waals surface area (Å²) in [5.74, 6) is -6.28. The van der Waals surface area contributed by atoms with Gasteiger partial charge in [0.1, 0.15) is 0 Å². The maximum Gasteiger partial charge on any atom is 0.330 e. The van der Waals surface area contributed by atoms with Crippen LogP contribution in [0, 0.1) is 0 Å². The Kier molecular flexibility index (Phi) is 9.84. The summed E-state index contributed by atoms with van der Waals surface area (Å²) in [7, 11) is 1.07. The summed E-state index contributed by atoms with van der Waals surface area (Å²) < 4.78 is 19.8.